The van der Waals surface area contributed by atoms with Gasteiger partial charge in [-0.2, -0.15) is 5.10 Å². The van der Waals surface area contributed by atoms with Crippen LogP contribution < -0.4 is 10.6 Å². The van der Waals surface area contributed by atoms with Crippen LogP contribution in [0.25, 0.3) is 0 Å². The minimum absolute atomic E-state index is 0. The highest BCUT2D eigenvalue weighted by Crippen LogP contribution is 2.25. The number of carbonyl (C=O) groups is 1. The molecule has 2 fully saturated rings. The zero-order valence-corrected chi connectivity index (χ0v) is 15.6. The zero-order valence-electron chi connectivity index (χ0n) is 13.9. The molecule has 7 nitrogen and oxygen atoms in total. The van der Waals surface area contributed by atoms with Gasteiger partial charge < -0.3 is 20.3 Å². The molecule has 3 rings (SSSR count). The minimum Gasteiger partial charge on any atom is -0.366 e. The number of halogens is 2. The van der Waals surface area contributed by atoms with Crippen molar-refractivity contribution < 1.29 is 9.53 Å². The van der Waals surface area contributed by atoms with Crippen molar-refractivity contribution in [1.29, 1.82) is 0 Å². The number of rotatable bonds is 4. The van der Waals surface area contributed by atoms with Gasteiger partial charge in [-0.3, -0.25) is 4.79 Å². The average molecular weight is 380 g/mol. The monoisotopic (exact) mass is 379 g/mol. The first-order valence-corrected chi connectivity index (χ1v) is 8.17. The standard InChI is InChI=1S/C15H25N5O2.2ClH/c1-2-19-8-4-12(5-9-19)20-14(3-6-17-20)18-15(21)13-11-16-7-10-22-13;;/h3,6,12-13,16H,2,4-5,7-11H2,1H3,(H,18,21);2*1H/t13-;;/m1../s1. The summed E-state index contributed by atoms with van der Waals surface area (Å²) in [4.78, 5) is 14.7. The summed E-state index contributed by atoms with van der Waals surface area (Å²) < 4.78 is 7.45. The van der Waals surface area contributed by atoms with Crippen LogP contribution in [0.5, 0.6) is 0 Å². The van der Waals surface area contributed by atoms with E-state index < -0.39 is 6.10 Å². The number of anilines is 1. The van der Waals surface area contributed by atoms with Crippen LogP contribution in [0.15, 0.2) is 12.3 Å². The summed E-state index contributed by atoms with van der Waals surface area (Å²) in [6.07, 6.45) is 3.47. The molecule has 2 aliphatic rings. The molecule has 0 bridgehead atoms. The molecule has 0 spiro atoms. The predicted octanol–water partition coefficient (Wildman–Crippen LogP) is 1.31. The Morgan fingerprint density at radius 1 is 1.42 bits per heavy atom. The van der Waals surface area contributed by atoms with Crippen LogP contribution in [-0.2, 0) is 9.53 Å². The van der Waals surface area contributed by atoms with Gasteiger partial charge in [0.2, 0.25) is 0 Å². The van der Waals surface area contributed by atoms with Crippen molar-refractivity contribution in [1.82, 2.24) is 20.0 Å². The van der Waals surface area contributed by atoms with E-state index in [9.17, 15) is 4.79 Å². The fourth-order valence-corrected chi connectivity index (χ4v) is 3.12. The van der Waals surface area contributed by atoms with Gasteiger partial charge >= 0.3 is 0 Å². The fourth-order valence-electron chi connectivity index (χ4n) is 3.12. The lowest BCUT2D eigenvalue weighted by Crippen LogP contribution is -2.45. The Kier molecular flexibility index (Phi) is 9.01. The Balaban J connectivity index is 0.00000144. The van der Waals surface area contributed by atoms with Crippen LogP contribution in [0.2, 0.25) is 0 Å². The zero-order chi connectivity index (χ0) is 15.4. The number of morpholine rings is 1. The third-order valence-corrected chi connectivity index (χ3v) is 4.49. The molecule has 0 saturated carbocycles. The van der Waals surface area contributed by atoms with E-state index in [1.54, 1.807) is 6.20 Å². The molecule has 0 unspecified atom stereocenters. The van der Waals surface area contributed by atoms with Gasteiger partial charge in [0.1, 0.15) is 11.9 Å². The van der Waals surface area contributed by atoms with Gasteiger partial charge in [0.25, 0.3) is 5.91 Å². The second kappa shape index (κ2) is 10.2. The second-order valence-corrected chi connectivity index (χ2v) is 5.88. The predicted molar refractivity (Wildman–Crippen MR) is 98.3 cm³/mol. The molecule has 2 saturated heterocycles. The number of piperidine rings is 1. The van der Waals surface area contributed by atoms with Gasteiger partial charge in [-0.05, 0) is 19.4 Å². The maximum absolute atomic E-state index is 12.3. The maximum Gasteiger partial charge on any atom is 0.255 e. The highest BCUT2D eigenvalue weighted by Gasteiger charge is 2.25. The SMILES string of the molecule is CCN1CCC(n2nccc2NC(=O)[C@H]2CNCCO2)CC1.Cl.Cl. The lowest BCUT2D eigenvalue weighted by Gasteiger charge is -2.32. The fraction of sp³-hybridized carbons (Fsp3) is 0.733. The molecule has 1 amide bonds. The van der Waals surface area contributed by atoms with Crippen molar-refractivity contribution in [3.05, 3.63) is 12.3 Å². The van der Waals surface area contributed by atoms with E-state index >= 15 is 0 Å². The molecule has 0 aliphatic carbocycles. The number of nitrogens with one attached hydrogen (secondary N) is 2. The van der Waals surface area contributed by atoms with Crippen molar-refractivity contribution >= 4 is 36.5 Å². The van der Waals surface area contributed by atoms with E-state index in [0.717, 1.165) is 44.8 Å². The lowest BCUT2D eigenvalue weighted by atomic mass is 10.1. The highest BCUT2D eigenvalue weighted by atomic mass is 35.5. The number of carbonyl (C=O) groups excluding carboxylic acids is 1. The Bertz CT molecular complexity index is 500. The van der Waals surface area contributed by atoms with Crippen LogP contribution in [0.4, 0.5) is 5.82 Å². The van der Waals surface area contributed by atoms with Crippen molar-refractivity contribution in [2.75, 3.05) is 44.6 Å². The van der Waals surface area contributed by atoms with E-state index in [1.165, 1.54) is 0 Å². The van der Waals surface area contributed by atoms with Crippen LogP contribution in [0.1, 0.15) is 25.8 Å². The van der Waals surface area contributed by atoms with Gasteiger partial charge in [0.05, 0.1) is 18.8 Å². The van der Waals surface area contributed by atoms with E-state index in [0.29, 0.717) is 19.2 Å². The molecule has 1 atom stereocenters. The van der Waals surface area contributed by atoms with Gasteiger partial charge in [-0.15, -0.1) is 24.8 Å². The third-order valence-electron chi connectivity index (χ3n) is 4.49. The van der Waals surface area contributed by atoms with E-state index in [1.807, 2.05) is 10.7 Å². The first kappa shape index (κ1) is 21.2. The number of hydrogen-bond donors (Lipinski definition) is 2. The normalized spacial score (nSPS) is 22.3. The first-order chi connectivity index (χ1) is 10.8. The summed E-state index contributed by atoms with van der Waals surface area (Å²) >= 11 is 0. The molecule has 3 heterocycles. The molecule has 0 aromatic carbocycles. The Labute approximate surface area is 155 Å². The van der Waals surface area contributed by atoms with Crippen molar-refractivity contribution in [3.63, 3.8) is 0 Å². The third kappa shape index (κ3) is 5.07. The molecule has 24 heavy (non-hydrogen) atoms. The Morgan fingerprint density at radius 2 is 2.17 bits per heavy atom. The van der Waals surface area contributed by atoms with Crippen molar-refractivity contribution in [2.45, 2.75) is 31.9 Å². The van der Waals surface area contributed by atoms with Crippen LogP contribution >= 0.6 is 24.8 Å². The van der Waals surface area contributed by atoms with E-state index in [-0.39, 0.29) is 30.7 Å². The lowest BCUT2D eigenvalue weighted by molar-refractivity contribution is -0.128. The number of aromatic nitrogens is 2. The van der Waals surface area contributed by atoms with Crippen molar-refractivity contribution in [3.8, 4) is 0 Å². The quantitative estimate of drug-likeness (QED) is 0.824. The molecule has 1 aromatic rings. The molecule has 9 heteroatoms. The summed E-state index contributed by atoms with van der Waals surface area (Å²) in [5.74, 6) is 0.675. The maximum atomic E-state index is 12.3. The summed E-state index contributed by atoms with van der Waals surface area (Å²) in [5.41, 5.74) is 0. The number of ether oxygens (including phenoxy) is 1. The molecule has 138 valence electrons. The summed E-state index contributed by atoms with van der Waals surface area (Å²) in [6, 6.07) is 2.22. The van der Waals surface area contributed by atoms with Crippen LogP contribution in [0.3, 0.4) is 0 Å². The molecule has 1 aromatic heterocycles. The minimum atomic E-state index is -0.418. The molecule has 0 radical (unpaired) electrons. The summed E-state index contributed by atoms with van der Waals surface area (Å²) in [5, 5.41) is 10.6. The Hall–Kier alpha value is -0.860. The topological polar surface area (TPSA) is 71.4 Å². The smallest absolute Gasteiger partial charge is 0.255 e. The van der Waals surface area contributed by atoms with E-state index in [2.05, 4.69) is 27.6 Å². The number of likely N-dealkylation sites (tertiary alicyclic amines) is 1. The van der Waals surface area contributed by atoms with E-state index in [4.69, 9.17) is 4.74 Å². The number of amides is 1. The van der Waals surface area contributed by atoms with Gasteiger partial charge in [0, 0.05) is 32.2 Å². The Morgan fingerprint density at radius 3 is 2.79 bits per heavy atom. The van der Waals surface area contributed by atoms with Crippen molar-refractivity contribution in [2.24, 2.45) is 0 Å². The first-order valence-electron chi connectivity index (χ1n) is 8.17. The average Bonchev–Trinajstić information content (AvgIpc) is 3.04. The summed E-state index contributed by atoms with van der Waals surface area (Å²) in [7, 11) is 0. The van der Waals surface area contributed by atoms with Gasteiger partial charge in [0.15, 0.2) is 0 Å². The van der Waals surface area contributed by atoms with Crippen LogP contribution in [0, 0.1) is 0 Å². The van der Waals surface area contributed by atoms with Gasteiger partial charge in [-0.1, -0.05) is 6.92 Å². The highest BCUT2D eigenvalue weighted by molar-refractivity contribution is 5.93. The number of nitrogens with zero attached hydrogens (tertiary/aromatic N) is 3. The summed E-state index contributed by atoms with van der Waals surface area (Å²) in [6.45, 7) is 7.41. The molecule has 2 aliphatic heterocycles. The largest absolute Gasteiger partial charge is 0.366 e. The van der Waals surface area contributed by atoms with Gasteiger partial charge in [-0.25, -0.2) is 4.68 Å². The molecular weight excluding hydrogens is 353 g/mol. The molecular formula is C15H27Cl2N5O2. The number of hydrogen-bond acceptors (Lipinski definition) is 5. The molecule has 2 N–H and O–H groups in total. The second-order valence-electron chi connectivity index (χ2n) is 5.88. The van der Waals surface area contributed by atoms with Crippen LogP contribution in [-0.4, -0.2) is 66.0 Å².